The highest BCUT2D eigenvalue weighted by Gasteiger charge is 2.38. The number of carbonyl (C=O) groups excluding carboxylic acids is 1. The first-order chi connectivity index (χ1) is 7.27. The van der Waals surface area contributed by atoms with Gasteiger partial charge in [0.25, 0.3) is 0 Å². The summed E-state index contributed by atoms with van der Waals surface area (Å²) in [6.45, 7) is 1.05. The predicted octanol–water partition coefficient (Wildman–Crippen LogP) is 2.50. The lowest BCUT2D eigenvalue weighted by Gasteiger charge is -2.15. The number of methoxy groups -OCH3 is 1. The fourth-order valence-corrected chi connectivity index (χ4v) is 1.37. The SMILES string of the molecule is COc1cc(N)cc(C(C)=O)c1C(F)(F)F. The van der Waals surface area contributed by atoms with E-state index in [4.69, 9.17) is 5.73 Å². The summed E-state index contributed by atoms with van der Waals surface area (Å²) in [5.41, 5.74) is 3.87. The summed E-state index contributed by atoms with van der Waals surface area (Å²) in [5.74, 6) is -1.16. The van der Waals surface area contributed by atoms with Crippen LogP contribution in [0.15, 0.2) is 12.1 Å². The summed E-state index contributed by atoms with van der Waals surface area (Å²) in [4.78, 5) is 11.1. The molecule has 0 radical (unpaired) electrons. The van der Waals surface area contributed by atoms with Gasteiger partial charge in [-0.2, -0.15) is 13.2 Å². The molecule has 0 fully saturated rings. The van der Waals surface area contributed by atoms with Crippen molar-refractivity contribution in [2.75, 3.05) is 12.8 Å². The van der Waals surface area contributed by atoms with E-state index in [1.165, 1.54) is 0 Å². The van der Waals surface area contributed by atoms with Gasteiger partial charge in [0, 0.05) is 17.3 Å². The van der Waals surface area contributed by atoms with E-state index in [2.05, 4.69) is 4.74 Å². The number of benzene rings is 1. The maximum absolute atomic E-state index is 12.7. The molecule has 0 amide bonds. The Kier molecular flexibility index (Phi) is 3.11. The number of ether oxygens (including phenoxy) is 1. The number of anilines is 1. The van der Waals surface area contributed by atoms with Crippen LogP contribution in [0, 0.1) is 0 Å². The molecule has 0 atom stereocenters. The van der Waals surface area contributed by atoms with Crippen LogP contribution in [0.3, 0.4) is 0 Å². The van der Waals surface area contributed by atoms with Crippen molar-refractivity contribution in [3.63, 3.8) is 0 Å². The van der Waals surface area contributed by atoms with Gasteiger partial charge in [0.15, 0.2) is 5.78 Å². The van der Waals surface area contributed by atoms with Gasteiger partial charge in [-0.25, -0.2) is 0 Å². The van der Waals surface area contributed by atoms with Crippen molar-refractivity contribution in [2.45, 2.75) is 13.1 Å². The van der Waals surface area contributed by atoms with Crippen molar-refractivity contribution in [3.8, 4) is 5.75 Å². The number of halogens is 3. The molecule has 0 aliphatic carbocycles. The lowest BCUT2D eigenvalue weighted by Crippen LogP contribution is -2.14. The van der Waals surface area contributed by atoms with Crippen molar-refractivity contribution in [2.24, 2.45) is 0 Å². The van der Waals surface area contributed by atoms with Gasteiger partial charge in [0.2, 0.25) is 0 Å². The predicted molar refractivity (Wildman–Crippen MR) is 52.4 cm³/mol. The van der Waals surface area contributed by atoms with Crippen molar-refractivity contribution in [3.05, 3.63) is 23.3 Å². The van der Waals surface area contributed by atoms with Gasteiger partial charge < -0.3 is 10.5 Å². The third-order valence-corrected chi connectivity index (χ3v) is 2.01. The third kappa shape index (κ3) is 2.26. The summed E-state index contributed by atoms with van der Waals surface area (Å²) >= 11 is 0. The van der Waals surface area contributed by atoms with Crippen LogP contribution in [0.5, 0.6) is 5.75 Å². The average Bonchev–Trinajstić information content (AvgIpc) is 2.14. The minimum Gasteiger partial charge on any atom is -0.496 e. The van der Waals surface area contributed by atoms with E-state index >= 15 is 0 Å². The summed E-state index contributed by atoms with van der Waals surface area (Å²) < 4.78 is 42.7. The molecule has 16 heavy (non-hydrogen) atoms. The van der Waals surface area contributed by atoms with Crippen molar-refractivity contribution < 1.29 is 22.7 Å². The summed E-state index contributed by atoms with van der Waals surface area (Å²) in [6.07, 6.45) is -4.65. The minimum absolute atomic E-state index is 0.0510. The van der Waals surface area contributed by atoms with Gasteiger partial charge in [0.05, 0.1) is 7.11 Å². The number of nitrogens with two attached hydrogens (primary N) is 1. The van der Waals surface area contributed by atoms with Gasteiger partial charge in [-0.05, 0) is 13.0 Å². The molecule has 0 saturated heterocycles. The average molecular weight is 233 g/mol. The molecule has 1 rings (SSSR count). The van der Waals surface area contributed by atoms with E-state index in [-0.39, 0.29) is 5.69 Å². The maximum atomic E-state index is 12.7. The van der Waals surface area contributed by atoms with Crippen molar-refractivity contribution >= 4 is 11.5 Å². The van der Waals surface area contributed by atoms with Gasteiger partial charge in [-0.1, -0.05) is 0 Å². The number of ketones is 1. The van der Waals surface area contributed by atoms with E-state index in [0.29, 0.717) is 0 Å². The van der Waals surface area contributed by atoms with Crippen LogP contribution in [0.25, 0.3) is 0 Å². The first-order valence-corrected chi connectivity index (χ1v) is 4.33. The number of rotatable bonds is 2. The minimum atomic E-state index is -4.65. The first kappa shape index (κ1) is 12.4. The van der Waals surface area contributed by atoms with E-state index in [9.17, 15) is 18.0 Å². The Hall–Kier alpha value is -1.72. The molecule has 0 heterocycles. The molecule has 1 aromatic rings. The zero-order chi connectivity index (χ0) is 12.5. The normalized spacial score (nSPS) is 11.3. The van der Waals surface area contributed by atoms with Crippen LogP contribution >= 0.6 is 0 Å². The first-order valence-electron chi connectivity index (χ1n) is 4.33. The van der Waals surface area contributed by atoms with Crippen LogP contribution in [-0.2, 0) is 6.18 Å². The molecule has 2 N–H and O–H groups in total. The van der Waals surface area contributed by atoms with Crippen molar-refractivity contribution in [1.29, 1.82) is 0 Å². The molecule has 3 nitrogen and oxygen atoms in total. The molecule has 1 aromatic carbocycles. The van der Waals surface area contributed by atoms with E-state index in [1.54, 1.807) is 0 Å². The largest absolute Gasteiger partial charge is 0.496 e. The summed E-state index contributed by atoms with van der Waals surface area (Å²) in [5, 5.41) is 0. The molecule has 0 aliphatic heterocycles. The standard InChI is InChI=1S/C10H10F3NO2/c1-5(15)7-3-6(14)4-8(16-2)9(7)10(11,12)13/h3-4H,14H2,1-2H3. The smallest absolute Gasteiger partial charge is 0.420 e. The van der Waals surface area contributed by atoms with Crippen LogP contribution in [0.2, 0.25) is 0 Å². The molecule has 88 valence electrons. The second-order valence-corrected chi connectivity index (χ2v) is 3.20. The summed E-state index contributed by atoms with van der Waals surface area (Å²) in [7, 11) is 1.09. The monoisotopic (exact) mass is 233 g/mol. The molecule has 0 unspecified atom stereocenters. The molecule has 0 saturated carbocycles. The molecule has 6 heteroatoms. The molecular formula is C10H10F3NO2. The zero-order valence-corrected chi connectivity index (χ0v) is 8.68. The Balaban J connectivity index is 3.58. The fourth-order valence-electron chi connectivity index (χ4n) is 1.37. The number of nitrogen functional groups attached to an aromatic ring is 1. The van der Waals surface area contributed by atoms with Gasteiger partial charge >= 0.3 is 6.18 Å². The number of hydrogen-bond acceptors (Lipinski definition) is 3. The summed E-state index contributed by atoms with van der Waals surface area (Å²) in [6, 6.07) is 2.03. The van der Waals surface area contributed by atoms with Crippen LogP contribution in [0.4, 0.5) is 18.9 Å². The van der Waals surface area contributed by atoms with E-state index in [1.807, 2.05) is 0 Å². The lowest BCUT2D eigenvalue weighted by molar-refractivity contribution is -0.139. The Morgan fingerprint density at radius 1 is 1.38 bits per heavy atom. The Morgan fingerprint density at radius 2 is 1.94 bits per heavy atom. The van der Waals surface area contributed by atoms with E-state index in [0.717, 1.165) is 26.2 Å². The molecule has 0 bridgehead atoms. The van der Waals surface area contributed by atoms with Crippen molar-refractivity contribution in [1.82, 2.24) is 0 Å². The highest BCUT2D eigenvalue weighted by atomic mass is 19.4. The zero-order valence-electron chi connectivity index (χ0n) is 8.68. The lowest BCUT2D eigenvalue weighted by atomic mass is 10.0. The van der Waals surface area contributed by atoms with Gasteiger partial charge in [0.1, 0.15) is 11.3 Å². The van der Waals surface area contributed by atoms with Crippen LogP contribution < -0.4 is 10.5 Å². The molecule has 0 aliphatic rings. The Morgan fingerprint density at radius 3 is 2.31 bits per heavy atom. The highest BCUT2D eigenvalue weighted by Crippen LogP contribution is 2.40. The highest BCUT2D eigenvalue weighted by molar-refractivity contribution is 5.97. The van der Waals surface area contributed by atoms with Crippen LogP contribution in [0.1, 0.15) is 22.8 Å². The van der Waals surface area contributed by atoms with Gasteiger partial charge in [-0.3, -0.25) is 4.79 Å². The number of alkyl halides is 3. The second kappa shape index (κ2) is 4.03. The number of hydrogen-bond donors (Lipinski definition) is 1. The number of Topliss-reactive ketones (excluding diaryl/α,β-unsaturated/α-hetero) is 1. The van der Waals surface area contributed by atoms with E-state index < -0.39 is 28.8 Å². The van der Waals surface area contributed by atoms with Crippen LogP contribution in [-0.4, -0.2) is 12.9 Å². The topological polar surface area (TPSA) is 52.3 Å². The third-order valence-electron chi connectivity index (χ3n) is 2.01. The molecule has 0 aromatic heterocycles. The molecule has 0 spiro atoms. The van der Waals surface area contributed by atoms with Gasteiger partial charge in [-0.15, -0.1) is 0 Å². The fraction of sp³-hybridized carbons (Fsp3) is 0.300. The Bertz CT molecular complexity index is 427. The Labute approximate surface area is 90.0 Å². The molecular weight excluding hydrogens is 223 g/mol. The maximum Gasteiger partial charge on any atom is 0.420 e. The number of carbonyl (C=O) groups is 1. The second-order valence-electron chi connectivity index (χ2n) is 3.20. The quantitative estimate of drug-likeness (QED) is 0.630.